The van der Waals surface area contributed by atoms with Crippen LogP contribution in [0.1, 0.15) is 48.6 Å². The van der Waals surface area contributed by atoms with E-state index in [9.17, 15) is 0 Å². The molecule has 7 aromatic rings. The first-order valence-electron chi connectivity index (χ1n) is 17.0. The van der Waals surface area contributed by atoms with Gasteiger partial charge in [0.2, 0.25) is 0 Å². The Morgan fingerprint density at radius 2 is 0.939 bits per heavy atom. The Kier molecular flexibility index (Phi) is 7.85. The van der Waals surface area contributed by atoms with E-state index < -0.39 is 5.41 Å². The molecule has 0 aromatic heterocycles. The van der Waals surface area contributed by atoms with E-state index in [0.717, 1.165) is 15.8 Å². The van der Waals surface area contributed by atoms with Crippen LogP contribution in [0.5, 0.6) is 0 Å². The fourth-order valence-electron chi connectivity index (χ4n) is 7.64. The molecule has 0 heterocycles. The third-order valence-electron chi connectivity index (χ3n) is 9.93. The van der Waals surface area contributed by atoms with E-state index in [1.807, 2.05) is 0 Å². The van der Waals surface area contributed by atoms with Crippen LogP contribution >= 0.6 is 15.9 Å². The van der Waals surface area contributed by atoms with Crippen LogP contribution in [0.3, 0.4) is 0 Å². The lowest BCUT2D eigenvalue weighted by Crippen LogP contribution is -2.28. The maximum atomic E-state index is 4.01. The molecule has 8 rings (SSSR count). The van der Waals surface area contributed by atoms with E-state index in [4.69, 9.17) is 0 Å². The molecule has 2 heteroatoms. The quantitative estimate of drug-likeness (QED) is 0.182. The average molecular weight is 697 g/mol. The zero-order chi connectivity index (χ0) is 33.6. The van der Waals surface area contributed by atoms with Crippen molar-refractivity contribution in [1.29, 1.82) is 0 Å². The molecule has 238 valence electrons. The van der Waals surface area contributed by atoms with Crippen LogP contribution in [0.2, 0.25) is 0 Å². The Morgan fingerprint density at radius 3 is 1.45 bits per heavy atom. The first kappa shape index (κ1) is 31.1. The van der Waals surface area contributed by atoms with Gasteiger partial charge in [0.1, 0.15) is 0 Å². The molecule has 1 aliphatic rings. The standard InChI is InChI=1S/C47H38BrN/c1-46(2,3)35-29-41(32-17-7-4-8-18-32)45(42(30-35)33-19-9-5-10-20-33)49-38-28-36(27-37(48)31-38)47(34-21-11-6-12-22-34)43-25-15-13-23-39(43)40-24-14-16-26-44(40)47/h4-31,49H,1-3H3. The van der Waals surface area contributed by atoms with Crippen LogP contribution in [0.25, 0.3) is 33.4 Å². The first-order valence-corrected chi connectivity index (χ1v) is 17.8. The molecule has 1 nitrogen and oxygen atoms in total. The summed E-state index contributed by atoms with van der Waals surface area (Å²) < 4.78 is 1.03. The summed E-state index contributed by atoms with van der Waals surface area (Å²) >= 11 is 3.97. The molecule has 0 aliphatic heterocycles. The Bertz CT molecular complexity index is 2180. The van der Waals surface area contributed by atoms with Gasteiger partial charge in [-0.1, -0.05) is 176 Å². The Labute approximate surface area is 298 Å². The van der Waals surface area contributed by atoms with Crippen LogP contribution in [-0.2, 0) is 10.8 Å². The summed E-state index contributed by atoms with van der Waals surface area (Å²) in [4.78, 5) is 0. The number of hydrogen-bond acceptors (Lipinski definition) is 1. The molecule has 0 saturated carbocycles. The van der Waals surface area contributed by atoms with Gasteiger partial charge in [-0.25, -0.2) is 0 Å². The molecule has 0 fully saturated rings. The van der Waals surface area contributed by atoms with Gasteiger partial charge in [-0.15, -0.1) is 0 Å². The molecule has 0 amide bonds. The Morgan fingerprint density at radius 1 is 0.469 bits per heavy atom. The van der Waals surface area contributed by atoms with Crippen molar-refractivity contribution in [1.82, 2.24) is 0 Å². The highest BCUT2D eigenvalue weighted by molar-refractivity contribution is 9.10. The van der Waals surface area contributed by atoms with Gasteiger partial charge in [-0.05, 0) is 85.8 Å². The minimum absolute atomic E-state index is 0.0279. The van der Waals surface area contributed by atoms with Crippen molar-refractivity contribution in [3.05, 3.63) is 202 Å². The highest BCUT2D eigenvalue weighted by Crippen LogP contribution is 2.56. The van der Waals surface area contributed by atoms with Crippen molar-refractivity contribution in [2.45, 2.75) is 31.6 Å². The van der Waals surface area contributed by atoms with Crippen molar-refractivity contribution in [3.8, 4) is 33.4 Å². The number of halogens is 1. The second kappa shape index (κ2) is 12.4. The smallest absolute Gasteiger partial charge is 0.0714 e. The summed E-state index contributed by atoms with van der Waals surface area (Å²) in [6.45, 7) is 6.87. The van der Waals surface area contributed by atoms with E-state index in [2.05, 4.69) is 212 Å². The van der Waals surface area contributed by atoms with Crippen LogP contribution in [0, 0.1) is 0 Å². The summed E-state index contributed by atoms with van der Waals surface area (Å²) in [5, 5.41) is 4.01. The molecular formula is C47H38BrN. The van der Waals surface area contributed by atoms with Gasteiger partial charge < -0.3 is 5.32 Å². The van der Waals surface area contributed by atoms with Crippen molar-refractivity contribution in [2.75, 3.05) is 5.32 Å². The maximum absolute atomic E-state index is 4.01. The van der Waals surface area contributed by atoms with Gasteiger partial charge in [-0.3, -0.25) is 0 Å². The highest BCUT2D eigenvalue weighted by atomic mass is 79.9. The largest absolute Gasteiger partial charge is 0.354 e. The van der Waals surface area contributed by atoms with Gasteiger partial charge in [0.05, 0.1) is 11.1 Å². The number of rotatable bonds is 6. The van der Waals surface area contributed by atoms with Crippen molar-refractivity contribution >= 4 is 27.3 Å². The van der Waals surface area contributed by atoms with E-state index >= 15 is 0 Å². The minimum atomic E-state index is -0.491. The van der Waals surface area contributed by atoms with Crippen LogP contribution in [0.4, 0.5) is 11.4 Å². The molecule has 0 radical (unpaired) electrons. The summed E-state index contributed by atoms with van der Waals surface area (Å²) in [5.74, 6) is 0. The Hall–Kier alpha value is -5.18. The fraction of sp³-hybridized carbons (Fsp3) is 0.106. The second-order valence-corrected chi connectivity index (χ2v) is 14.9. The monoisotopic (exact) mass is 695 g/mol. The summed E-state index contributed by atoms with van der Waals surface area (Å²) in [5.41, 5.74) is 15.3. The zero-order valence-electron chi connectivity index (χ0n) is 28.0. The fourth-order valence-corrected chi connectivity index (χ4v) is 8.13. The zero-order valence-corrected chi connectivity index (χ0v) is 29.6. The van der Waals surface area contributed by atoms with Crippen molar-refractivity contribution in [2.24, 2.45) is 0 Å². The summed E-state index contributed by atoms with van der Waals surface area (Å²) in [7, 11) is 0. The van der Waals surface area contributed by atoms with Crippen molar-refractivity contribution in [3.63, 3.8) is 0 Å². The summed E-state index contributed by atoms with van der Waals surface area (Å²) in [6.07, 6.45) is 0. The van der Waals surface area contributed by atoms with Crippen LogP contribution in [0.15, 0.2) is 174 Å². The van der Waals surface area contributed by atoms with Gasteiger partial charge in [-0.2, -0.15) is 0 Å². The van der Waals surface area contributed by atoms with E-state index in [-0.39, 0.29) is 5.41 Å². The molecular weight excluding hydrogens is 658 g/mol. The van der Waals surface area contributed by atoms with E-state index in [0.29, 0.717) is 0 Å². The lowest BCUT2D eigenvalue weighted by atomic mass is 9.67. The SMILES string of the molecule is CC(C)(C)c1cc(-c2ccccc2)c(Nc2cc(Br)cc(C3(c4ccccc4)c4ccccc4-c4ccccc43)c2)c(-c2ccccc2)c1. The molecule has 0 unspecified atom stereocenters. The van der Waals surface area contributed by atoms with Crippen molar-refractivity contribution < 1.29 is 0 Å². The topological polar surface area (TPSA) is 12.0 Å². The van der Waals surface area contributed by atoms with Crippen LogP contribution in [-0.4, -0.2) is 0 Å². The molecule has 0 atom stereocenters. The second-order valence-electron chi connectivity index (χ2n) is 14.0. The molecule has 1 aliphatic carbocycles. The van der Waals surface area contributed by atoms with E-state index in [1.54, 1.807) is 0 Å². The van der Waals surface area contributed by atoms with Crippen LogP contribution < -0.4 is 5.32 Å². The highest BCUT2D eigenvalue weighted by Gasteiger charge is 2.46. The third-order valence-corrected chi connectivity index (χ3v) is 10.4. The number of nitrogens with one attached hydrogen (secondary N) is 1. The molecule has 0 spiro atoms. The van der Waals surface area contributed by atoms with Gasteiger partial charge in [0, 0.05) is 21.3 Å². The third kappa shape index (κ3) is 5.41. The summed E-state index contributed by atoms with van der Waals surface area (Å²) in [6, 6.07) is 61.9. The number of benzene rings is 7. The average Bonchev–Trinajstić information content (AvgIpc) is 3.43. The van der Waals surface area contributed by atoms with Gasteiger partial charge >= 0.3 is 0 Å². The van der Waals surface area contributed by atoms with Gasteiger partial charge in [0.25, 0.3) is 0 Å². The number of fused-ring (bicyclic) bond motifs is 3. The normalized spacial score (nSPS) is 13.1. The molecule has 49 heavy (non-hydrogen) atoms. The van der Waals surface area contributed by atoms with Gasteiger partial charge in [0.15, 0.2) is 0 Å². The minimum Gasteiger partial charge on any atom is -0.354 e. The Balaban J connectivity index is 1.39. The maximum Gasteiger partial charge on any atom is 0.0714 e. The predicted octanol–water partition coefficient (Wildman–Crippen LogP) is 13.2. The lowest BCUT2D eigenvalue weighted by molar-refractivity contribution is 0.591. The molecule has 7 aromatic carbocycles. The number of hydrogen-bond donors (Lipinski definition) is 1. The molecule has 0 saturated heterocycles. The lowest BCUT2D eigenvalue weighted by Gasteiger charge is -2.34. The number of anilines is 2. The molecule has 0 bridgehead atoms. The predicted molar refractivity (Wildman–Crippen MR) is 211 cm³/mol. The molecule has 1 N–H and O–H groups in total. The van der Waals surface area contributed by atoms with E-state index in [1.165, 1.54) is 61.2 Å². The first-order chi connectivity index (χ1) is 23.8.